The summed E-state index contributed by atoms with van der Waals surface area (Å²) >= 11 is 0. The Hall–Kier alpha value is -0.120. The van der Waals surface area contributed by atoms with E-state index in [9.17, 15) is 5.11 Å². The van der Waals surface area contributed by atoms with Gasteiger partial charge in [-0.15, -0.1) is 0 Å². The molecule has 0 radical (unpaired) electrons. The Morgan fingerprint density at radius 1 is 1.60 bits per heavy atom. The average Bonchev–Trinajstić information content (AvgIpc) is 2.56. The molecule has 0 aromatic heterocycles. The Balaban J connectivity index is 1.86. The van der Waals surface area contributed by atoms with E-state index in [0.717, 1.165) is 19.4 Å². The van der Waals surface area contributed by atoms with Gasteiger partial charge in [0, 0.05) is 12.8 Å². The van der Waals surface area contributed by atoms with Crippen molar-refractivity contribution in [3.05, 3.63) is 0 Å². The molecule has 0 aliphatic carbocycles. The van der Waals surface area contributed by atoms with Crippen molar-refractivity contribution in [1.29, 1.82) is 0 Å². The summed E-state index contributed by atoms with van der Waals surface area (Å²) in [5.74, 6) is -0.846. The first kappa shape index (κ1) is 6.58. The Morgan fingerprint density at radius 2 is 2.40 bits per heavy atom. The normalized spacial score (nSPS) is 45.9. The van der Waals surface area contributed by atoms with Crippen LogP contribution in [-0.4, -0.2) is 30.2 Å². The van der Waals surface area contributed by atoms with Crippen LogP contribution >= 0.6 is 0 Å². The van der Waals surface area contributed by atoms with Crippen LogP contribution in [0.5, 0.6) is 0 Å². The van der Waals surface area contributed by atoms with Gasteiger partial charge in [0.25, 0.3) is 0 Å². The second kappa shape index (κ2) is 2.19. The maximum absolute atomic E-state index is 9.60. The molecule has 3 heteroatoms. The molecule has 0 bridgehead atoms. The number of aliphatic hydroxyl groups is 1. The van der Waals surface area contributed by atoms with E-state index in [1.165, 1.54) is 0 Å². The highest BCUT2D eigenvalue weighted by Crippen LogP contribution is 2.31. The van der Waals surface area contributed by atoms with Gasteiger partial charge in [-0.1, -0.05) is 0 Å². The monoisotopic (exact) mass is 144 g/mol. The fourth-order valence-corrected chi connectivity index (χ4v) is 1.39. The molecule has 2 fully saturated rings. The fraction of sp³-hybridized carbons (Fsp3) is 1.00. The Labute approximate surface area is 59.9 Å². The third kappa shape index (κ3) is 1.31. The van der Waals surface area contributed by atoms with Crippen LogP contribution in [0.25, 0.3) is 0 Å². The van der Waals surface area contributed by atoms with Crippen LogP contribution in [0.4, 0.5) is 0 Å². The zero-order valence-corrected chi connectivity index (χ0v) is 5.88. The lowest BCUT2D eigenvalue weighted by molar-refractivity contribution is -0.177. The van der Waals surface area contributed by atoms with Crippen molar-refractivity contribution in [3.63, 3.8) is 0 Å². The van der Waals surface area contributed by atoms with Gasteiger partial charge in [0.05, 0.1) is 19.3 Å². The molecule has 1 N–H and O–H groups in total. The van der Waals surface area contributed by atoms with E-state index < -0.39 is 5.79 Å². The van der Waals surface area contributed by atoms with Crippen molar-refractivity contribution in [2.24, 2.45) is 0 Å². The number of ether oxygens (including phenoxy) is 2. The molecule has 0 saturated carbocycles. The lowest BCUT2D eigenvalue weighted by Crippen LogP contribution is -2.28. The van der Waals surface area contributed by atoms with E-state index in [4.69, 9.17) is 9.47 Å². The quantitative estimate of drug-likeness (QED) is 0.566. The van der Waals surface area contributed by atoms with Crippen LogP contribution in [0.1, 0.15) is 19.3 Å². The summed E-state index contributed by atoms with van der Waals surface area (Å²) in [6.45, 7) is 1.49. The van der Waals surface area contributed by atoms with Gasteiger partial charge in [-0.25, -0.2) is 0 Å². The van der Waals surface area contributed by atoms with Crippen molar-refractivity contribution in [2.45, 2.75) is 31.2 Å². The van der Waals surface area contributed by atoms with Crippen LogP contribution in [0.15, 0.2) is 0 Å². The smallest absolute Gasteiger partial charge is 0.168 e. The predicted molar refractivity (Wildman–Crippen MR) is 34.5 cm³/mol. The van der Waals surface area contributed by atoms with E-state index in [-0.39, 0.29) is 6.10 Å². The molecule has 2 rings (SSSR count). The van der Waals surface area contributed by atoms with Gasteiger partial charge < -0.3 is 14.6 Å². The predicted octanol–water partition coefficient (Wildman–Crippen LogP) is 0.274. The maximum Gasteiger partial charge on any atom is 0.168 e. The minimum Gasteiger partial charge on any atom is -0.373 e. The number of rotatable bonds is 2. The first-order valence-corrected chi connectivity index (χ1v) is 3.76. The van der Waals surface area contributed by atoms with Gasteiger partial charge in [-0.3, -0.25) is 0 Å². The molecule has 2 heterocycles. The molecule has 0 spiro atoms. The fourth-order valence-electron chi connectivity index (χ4n) is 1.39. The minimum atomic E-state index is -0.846. The summed E-state index contributed by atoms with van der Waals surface area (Å²) in [5, 5.41) is 9.60. The Morgan fingerprint density at radius 3 is 2.90 bits per heavy atom. The number of hydrogen-bond acceptors (Lipinski definition) is 3. The highest BCUT2D eigenvalue weighted by Gasteiger charge is 2.39. The van der Waals surface area contributed by atoms with Crippen molar-refractivity contribution >= 4 is 0 Å². The standard InChI is InChI=1S/C7H12O3/c8-7(2-1-3-10-7)4-6-5-9-6/h6,8H,1-5H2. The van der Waals surface area contributed by atoms with Crippen molar-refractivity contribution < 1.29 is 14.6 Å². The van der Waals surface area contributed by atoms with Gasteiger partial charge in [0.15, 0.2) is 5.79 Å². The van der Waals surface area contributed by atoms with E-state index in [0.29, 0.717) is 13.0 Å². The average molecular weight is 144 g/mol. The van der Waals surface area contributed by atoms with E-state index in [1.54, 1.807) is 0 Å². The molecule has 2 unspecified atom stereocenters. The first-order valence-electron chi connectivity index (χ1n) is 3.76. The highest BCUT2D eigenvalue weighted by molar-refractivity contribution is 4.82. The van der Waals surface area contributed by atoms with Crippen LogP contribution in [-0.2, 0) is 9.47 Å². The van der Waals surface area contributed by atoms with Gasteiger partial charge in [-0.2, -0.15) is 0 Å². The molecule has 10 heavy (non-hydrogen) atoms. The van der Waals surface area contributed by atoms with Gasteiger partial charge >= 0.3 is 0 Å². The molecule has 0 aromatic carbocycles. The molecule has 0 amide bonds. The zero-order valence-electron chi connectivity index (χ0n) is 5.88. The van der Waals surface area contributed by atoms with Crippen LogP contribution < -0.4 is 0 Å². The summed E-state index contributed by atoms with van der Waals surface area (Å²) in [6, 6.07) is 0. The maximum atomic E-state index is 9.60. The molecular weight excluding hydrogens is 132 g/mol. The third-order valence-corrected chi connectivity index (χ3v) is 2.03. The SMILES string of the molecule is OC1(CC2CO2)CCCO1. The second-order valence-corrected chi connectivity index (χ2v) is 3.06. The lowest BCUT2D eigenvalue weighted by Gasteiger charge is -2.19. The summed E-state index contributed by atoms with van der Waals surface area (Å²) < 4.78 is 10.2. The number of hydrogen-bond donors (Lipinski definition) is 1. The summed E-state index contributed by atoms with van der Waals surface area (Å²) in [5.41, 5.74) is 0. The minimum absolute atomic E-state index is 0.267. The largest absolute Gasteiger partial charge is 0.373 e. The van der Waals surface area contributed by atoms with E-state index >= 15 is 0 Å². The molecule has 2 aliphatic heterocycles. The van der Waals surface area contributed by atoms with Gasteiger partial charge in [0.1, 0.15) is 0 Å². The molecule has 2 aliphatic rings. The lowest BCUT2D eigenvalue weighted by atomic mass is 10.1. The highest BCUT2D eigenvalue weighted by atomic mass is 16.6. The Bertz CT molecular complexity index is 125. The van der Waals surface area contributed by atoms with Gasteiger partial charge in [0.2, 0.25) is 0 Å². The first-order chi connectivity index (χ1) is 4.79. The summed E-state index contributed by atoms with van der Waals surface area (Å²) in [7, 11) is 0. The van der Waals surface area contributed by atoms with Crippen LogP contribution in [0.2, 0.25) is 0 Å². The van der Waals surface area contributed by atoms with E-state index in [1.807, 2.05) is 0 Å². The molecule has 2 atom stereocenters. The van der Waals surface area contributed by atoms with Crippen LogP contribution in [0.3, 0.4) is 0 Å². The van der Waals surface area contributed by atoms with E-state index in [2.05, 4.69) is 0 Å². The molecule has 2 saturated heterocycles. The number of epoxide rings is 1. The van der Waals surface area contributed by atoms with Crippen molar-refractivity contribution in [2.75, 3.05) is 13.2 Å². The van der Waals surface area contributed by atoms with Gasteiger partial charge in [-0.05, 0) is 6.42 Å². The van der Waals surface area contributed by atoms with Crippen molar-refractivity contribution in [1.82, 2.24) is 0 Å². The second-order valence-electron chi connectivity index (χ2n) is 3.06. The molecule has 58 valence electrons. The van der Waals surface area contributed by atoms with Crippen LogP contribution in [0, 0.1) is 0 Å². The molecule has 0 aromatic rings. The third-order valence-electron chi connectivity index (χ3n) is 2.03. The zero-order chi connectivity index (χ0) is 7.03. The Kier molecular flexibility index (Phi) is 1.44. The van der Waals surface area contributed by atoms with Crippen molar-refractivity contribution in [3.8, 4) is 0 Å². The topological polar surface area (TPSA) is 42.0 Å². The summed E-state index contributed by atoms with van der Waals surface area (Å²) in [4.78, 5) is 0. The molecule has 3 nitrogen and oxygen atoms in total. The molecular formula is C7H12O3. The summed E-state index contributed by atoms with van der Waals surface area (Å²) in [6.07, 6.45) is 2.67.